The molecular weight excluding hydrogens is 364 g/mol. The molecule has 0 N–H and O–H groups in total. The van der Waals surface area contributed by atoms with E-state index in [1.54, 1.807) is 0 Å². The van der Waals surface area contributed by atoms with Crippen molar-refractivity contribution in [3.63, 3.8) is 0 Å². The molecular formula is C15H8F4N2O3S. The first-order valence-corrected chi connectivity index (χ1v) is 7.59. The number of halogens is 4. The highest BCUT2D eigenvalue weighted by Gasteiger charge is 2.39. The van der Waals surface area contributed by atoms with E-state index >= 15 is 0 Å². The third kappa shape index (κ3) is 2.93. The van der Waals surface area contributed by atoms with Gasteiger partial charge in [-0.05, 0) is 24.3 Å². The summed E-state index contributed by atoms with van der Waals surface area (Å²) in [5, 5.41) is 11.3. The molecule has 1 aliphatic rings. The van der Waals surface area contributed by atoms with Crippen LogP contribution in [0.2, 0.25) is 0 Å². The second-order valence-corrected chi connectivity index (χ2v) is 6.25. The van der Waals surface area contributed by atoms with Crippen molar-refractivity contribution in [3.05, 3.63) is 51.8 Å². The number of hydrogen-bond donors (Lipinski definition) is 0. The zero-order chi connectivity index (χ0) is 18.5. The molecule has 0 unspecified atom stereocenters. The Bertz CT molecular complexity index is 914. The molecule has 0 aromatic heterocycles. The summed E-state index contributed by atoms with van der Waals surface area (Å²) in [6, 6.07) is 4.53. The fourth-order valence-corrected chi connectivity index (χ4v) is 3.62. The highest BCUT2D eigenvalue weighted by molar-refractivity contribution is 7.99. The number of nitro benzene ring substituents is 1. The molecule has 1 amide bonds. The molecule has 0 saturated carbocycles. The van der Waals surface area contributed by atoms with E-state index in [1.807, 2.05) is 0 Å². The maximum atomic E-state index is 13.6. The second-order valence-electron chi connectivity index (χ2n) is 5.17. The summed E-state index contributed by atoms with van der Waals surface area (Å²) in [4.78, 5) is 23.4. The van der Waals surface area contributed by atoms with Gasteiger partial charge in [-0.1, -0.05) is 11.8 Å². The van der Waals surface area contributed by atoms with Crippen LogP contribution in [0.4, 0.5) is 34.6 Å². The van der Waals surface area contributed by atoms with Crippen LogP contribution in [0, 0.1) is 15.9 Å². The predicted molar refractivity (Wildman–Crippen MR) is 81.4 cm³/mol. The first-order chi connectivity index (χ1) is 11.6. The van der Waals surface area contributed by atoms with Gasteiger partial charge in [0.15, 0.2) is 0 Å². The molecule has 0 aliphatic carbocycles. The molecule has 5 nitrogen and oxygen atoms in total. The SMILES string of the molecule is CC(=O)N1c2cc(F)ccc2Sc2cc(C(F)(F)F)cc([N+](=O)[O-])c21. The molecule has 1 heterocycles. The quantitative estimate of drug-likeness (QED) is 0.406. The average molecular weight is 372 g/mol. The molecule has 10 heteroatoms. The number of amides is 1. The van der Waals surface area contributed by atoms with Gasteiger partial charge in [-0.3, -0.25) is 19.8 Å². The van der Waals surface area contributed by atoms with E-state index < -0.39 is 34.1 Å². The van der Waals surface area contributed by atoms with Crippen molar-refractivity contribution in [2.75, 3.05) is 4.90 Å². The van der Waals surface area contributed by atoms with Crippen LogP contribution in [0.25, 0.3) is 0 Å². The number of fused-ring (bicyclic) bond motifs is 2. The highest BCUT2D eigenvalue weighted by atomic mass is 32.2. The standard InChI is InChI=1S/C15H8F4N2O3S/c1-7(22)20-10-6-9(16)2-3-12(10)25-13-5-8(15(17,18)19)4-11(14(13)20)21(23)24/h2-6H,1H3. The lowest BCUT2D eigenvalue weighted by atomic mass is 10.1. The number of nitro groups is 1. The minimum Gasteiger partial charge on any atom is -0.274 e. The van der Waals surface area contributed by atoms with E-state index in [2.05, 4.69) is 0 Å². The Morgan fingerprint density at radius 2 is 1.88 bits per heavy atom. The fourth-order valence-electron chi connectivity index (χ4n) is 2.52. The summed E-state index contributed by atoms with van der Waals surface area (Å²) in [6.07, 6.45) is -4.79. The van der Waals surface area contributed by atoms with E-state index in [-0.39, 0.29) is 16.3 Å². The van der Waals surface area contributed by atoms with E-state index in [0.717, 1.165) is 41.8 Å². The summed E-state index contributed by atoms with van der Waals surface area (Å²) < 4.78 is 52.7. The van der Waals surface area contributed by atoms with Gasteiger partial charge in [-0.25, -0.2) is 4.39 Å². The Labute approximate surface area is 142 Å². The zero-order valence-corrected chi connectivity index (χ0v) is 13.2. The molecule has 0 atom stereocenters. The molecule has 0 spiro atoms. The van der Waals surface area contributed by atoms with Crippen LogP contribution >= 0.6 is 11.8 Å². The number of rotatable bonds is 1. The third-order valence-corrected chi connectivity index (χ3v) is 4.60. The zero-order valence-electron chi connectivity index (χ0n) is 12.4. The number of alkyl halides is 3. The molecule has 130 valence electrons. The van der Waals surface area contributed by atoms with Crippen LogP contribution in [0.1, 0.15) is 12.5 Å². The number of benzene rings is 2. The maximum absolute atomic E-state index is 13.6. The Morgan fingerprint density at radius 1 is 1.20 bits per heavy atom. The van der Waals surface area contributed by atoms with Crippen LogP contribution in [0.3, 0.4) is 0 Å². The molecule has 1 aliphatic heterocycles. The summed E-state index contributed by atoms with van der Waals surface area (Å²) in [6.45, 7) is 1.09. The van der Waals surface area contributed by atoms with Crippen LogP contribution in [0.15, 0.2) is 40.1 Å². The van der Waals surface area contributed by atoms with Gasteiger partial charge < -0.3 is 0 Å². The smallest absolute Gasteiger partial charge is 0.274 e. The van der Waals surface area contributed by atoms with Gasteiger partial charge >= 0.3 is 6.18 Å². The first kappa shape index (κ1) is 17.2. The predicted octanol–water partition coefficient (Wildman–Crippen LogP) is 4.90. The number of nitrogens with zero attached hydrogens (tertiary/aromatic N) is 2. The second kappa shape index (κ2) is 5.73. The largest absolute Gasteiger partial charge is 0.416 e. The van der Waals surface area contributed by atoms with E-state index in [1.165, 1.54) is 6.07 Å². The Morgan fingerprint density at radius 3 is 2.44 bits per heavy atom. The van der Waals surface area contributed by atoms with Crippen molar-refractivity contribution >= 4 is 34.7 Å². The van der Waals surface area contributed by atoms with Crippen molar-refractivity contribution in [3.8, 4) is 0 Å². The third-order valence-electron chi connectivity index (χ3n) is 3.50. The van der Waals surface area contributed by atoms with Gasteiger partial charge in [0.25, 0.3) is 5.69 Å². The lowest BCUT2D eigenvalue weighted by Crippen LogP contribution is -2.27. The minimum absolute atomic E-state index is 0.0489. The van der Waals surface area contributed by atoms with Gasteiger partial charge in [0.05, 0.1) is 16.2 Å². The van der Waals surface area contributed by atoms with E-state index in [0.29, 0.717) is 11.0 Å². The van der Waals surface area contributed by atoms with Gasteiger partial charge in [-0.2, -0.15) is 13.2 Å². The Balaban J connectivity index is 2.34. The highest BCUT2D eigenvalue weighted by Crippen LogP contribution is 2.53. The van der Waals surface area contributed by atoms with E-state index in [9.17, 15) is 32.5 Å². The molecule has 0 saturated heterocycles. The maximum Gasteiger partial charge on any atom is 0.416 e. The molecule has 3 rings (SSSR count). The van der Waals surface area contributed by atoms with Crippen LogP contribution in [-0.2, 0) is 11.0 Å². The van der Waals surface area contributed by atoms with Crippen LogP contribution in [-0.4, -0.2) is 10.8 Å². The Hall–Kier alpha value is -2.62. The van der Waals surface area contributed by atoms with Crippen molar-refractivity contribution in [1.82, 2.24) is 0 Å². The van der Waals surface area contributed by atoms with Crippen LogP contribution < -0.4 is 4.90 Å². The van der Waals surface area contributed by atoms with Crippen molar-refractivity contribution in [2.45, 2.75) is 22.9 Å². The monoisotopic (exact) mass is 372 g/mol. The molecule has 25 heavy (non-hydrogen) atoms. The van der Waals surface area contributed by atoms with E-state index in [4.69, 9.17) is 0 Å². The Kier molecular flexibility index (Phi) is 3.94. The summed E-state index contributed by atoms with van der Waals surface area (Å²) >= 11 is 0.809. The van der Waals surface area contributed by atoms with Gasteiger partial charge in [0.2, 0.25) is 5.91 Å². The number of hydrogen-bond acceptors (Lipinski definition) is 4. The lowest BCUT2D eigenvalue weighted by molar-refractivity contribution is -0.384. The summed E-state index contributed by atoms with van der Waals surface area (Å²) in [5.41, 5.74) is -2.32. The van der Waals surface area contributed by atoms with Gasteiger partial charge in [0, 0.05) is 22.8 Å². The topological polar surface area (TPSA) is 63.5 Å². The average Bonchev–Trinajstić information content (AvgIpc) is 2.50. The van der Waals surface area contributed by atoms with Gasteiger partial charge in [0.1, 0.15) is 11.5 Å². The summed E-state index contributed by atoms with van der Waals surface area (Å²) in [7, 11) is 0. The number of carbonyl (C=O) groups excluding carboxylic acids is 1. The summed E-state index contributed by atoms with van der Waals surface area (Å²) in [5.74, 6) is -1.36. The first-order valence-electron chi connectivity index (χ1n) is 6.77. The van der Waals surface area contributed by atoms with Crippen molar-refractivity contribution in [2.24, 2.45) is 0 Å². The van der Waals surface area contributed by atoms with Crippen molar-refractivity contribution in [1.29, 1.82) is 0 Å². The van der Waals surface area contributed by atoms with Gasteiger partial charge in [-0.15, -0.1) is 0 Å². The molecule has 2 aromatic rings. The lowest BCUT2D eigenvalue weighted by Gasteiger charge is -2.30. The molecule has 2 aromatic carbocycles. The minimum atomic E-state index is -4.79. The number of anilines is 2. The molecule has 0 bridgehead atoms. The molecule has 0 fully saturated rings. The normalized spacial score (nSPS) is 13.2. The fraction of sp³-hybridized carbons (Fsp3) is 0.133. The van der Waals surface area contributed by atoms with Crippen molar-refractivity contribution < 1.29 is 27.3 Å². The van der Waals surface area contributed by atoms with Crippen LogP contribution in [0.5, 0.6) is 0 Å². The molecule has 0 radical (unpaired) electrons. The number of carbonyl (C=O) groups is 1.